The zero-order valence-corrected chi connectivity index (χ0v) is 39.6. The second-order valence-electron chi connectivity index (χ2n) is 18.7. The summed E-state index contributed by atoms with van der Waals surface area (Å²) in [4.78, 5) is 71.9. The van der Waals surface area contributed by atoms with Gasteiger partial charge in [0.1, 0.15) is 23.3 Å². The molecule has 356 valence electrons. The molecule has 68 heavy (non-hydrogen) atoms. The molecule has 0 radical (unpaired) electrons. The van der Waals surface area contributed by atoms with Crippen molar-refractivity contribution in [3.63, 3.8) is 0 Å². The Kier molecular flexibility index (Phi) is 12.0. The van der Waals surface area contributed by atoms with Crippen LogP contribution in [0.15, 0.2) is 60.8 Å². The highest BCUT2D eigenvalue weighted by Gasteiger charge is 2.45. The Hall–Kier alpha value is -6.73. The molecule has 3 fully saturated rings. The maximum Gasteiger partial charge on any atom is 0.262 e. The van der Waals surface area contributed by atoms with Gasteiger partial charge in [0.05, 0.1) is 46.9 Å². The van der Waals surface area contributed by atoms with E-state index < -0.39 is 39.7 Å². The Labute approximate surface area is 395 Å². The molecule has 5 aliphatic heterocycles. The number of sulfonamides is 1. The van der Waals surface area contributed by atoms with Crippen LogP contribution in [0, 0.1) is 12.8 Å². The predicted molar refractivity (Wildman–Crippen MR) is 261 cm³/mol. The molecule has 4 N–H and O–H groups in total. The fourth-order valence-electron chi connectivity index (χ4n) is 10.7. The number of piperidine rings is 3. The van der Waals surface area contributed by atoms with E-state index in [9.17, 15) is 27.6 Å². The number of aromatic nitrogens is 3. The lowest BCUT2D eigenvalue weighted by Gasteiger charge is -2.39. The van der Waals surface area contributed by atoms with Crippen molar-refractivity contribution < 1.29 is 32.3 Å². The average Bonchev–Trinajstić information content (AvgIpc) is 4.06. The molecule has 7 heterocycles. The fourth-order valence-corrected chi connectivity index (χ4v) is 11.7. The third kappa shape index (κ3) is 8.57. The Morgan fingerprint density at radius 2 is 1.60 bits per heavy atom. The van der Waals surface area contributed by atoms with Crippen LogP contribution in [-0.4, -0.2) is 129 Å². The first kappa shape index (κ1) is 45.1. The summed E-state index contributed by atoms with van der Waals surface area (Å²) in [6.45, 7) is 7.09. The first-order valence-electron chi connectivity index (χ1n) is 23.5. The highest BCUT2D eigenvalue weighted by atomic mass is 32.2. The molecule has 3 saturated heterocycles. The van der Waals surface area contributed by atoms with Gasteiger partial charge < -0.3 is 35.1 Å². The molecule has 1 atom stereocenters. The lowest BCUT2D eigenvalue weighted by Crippen LogP contribution is -2.54. The SMILES string of the molecule is COc1cc(N2CCC(N(C)CCC3CCN(c4ccc5c(c4)C(=O)N(C4CCC(=O)NC4=O)C5=O)CC3)CC2)c(C)cc1Nc1nc(Nc2cccc3c2N(S(C)(=O)=O)CC3)c2cc[nH]c2n1. The van der Waals surface area contributed by atoms with Crippen molar-refractivity contribution in [2.24, 2.45) is 5.92 Å². The van der Waals surface area contributed by atoms with Crippen molar-refractivity contribution >= 4 is 84.9 Å². The second kappa shape index (κ2) is 18.1. The Balaban J connectivity index is 0.728. The standard InChI is InChI=1S/C49H57N11O7S/c1-29-26-38(52-49-54-44-35(12-19-50-44)45(55-49)51-37-7-5-6-31-16-25-59(43(31)37)68(4,65)66)41(67-3)28-40(29)58-23-17-32(18-24-58)56(2)20-13-30-14-21-57(22-15-30)33-8-9-34-36(27-33)48(64)60(47(34)63)39-10-11-42(61)53-46(39)62/h5-9,12,19,26-28,30,32,39H,10-11,13-18,20-25H2,1-4H3,(H,53,61,62)(H3,50,51,52,54,55). The molecule has 0 saturated carbocycles. The quantitative estimate of drug-likeness (QED) is 0.105. The summed E-state index contributed by atoms with van der Waals surface area (Å²) in [6.07, 6.45) is 9.18. The molecule has 0 spiro atoms. The first-order valence-corrected chi connectivity index (χ1v) is 25.3. The number of para-hydroxylation sites is 1. The summed E-state index contributed by atoms with van der Waals surface area (Å²) in [5, 5.41) is 9.85. The van der Waals surface area contributed by atoms with Gasteiger partial charge in [0.15, 0.2) is 0 Å². The summed E-state index contributed by atoms with van der Waals surface area (Å²) in [5.74, 6) is 0.186. The van der Waals surface area contributed by atoms with Gasteiger partial charge in [-0.25, -0.2) is 8.42 Å². The molecule has 5 aliphatic rings. The van der Waals surface area contributed by atoms with E-state index in [1.54, 1.807) is 25.4 Å². The Morgan fingerprint density at radius 1 is 0.838 bits per heavy atom. The van der Waals surface area contributed by atoms with Crippen LogP contribution in [0.25, 0.3) is 11.0 Å². The predicted octanol–water partition coefficient (Wildman–Crippen LogP) is 5.69. The molecule has 5 aromatic rings. The van der Waals surface area contributed by atoms with E-state index in [2.05, 4.69) is 61.7 Å². The van der Waals surface area contributed by atoms with Crippen LogP contribution in [0.2, 0.25) is 0 Å². The summed E-state index contributed by atoms with van der Waals surface area (Å²) in [7, 11) is 0.439. The normalized spacial score (nSPS) is 19.3. The van der Waals surface area contributed by atoms with E-state index >= 15 is 0 Å². The summed E-state index contributed by atoms with van der Waals surface area (Å²) >= 11 is 0. The van der Waals surface area contributed by atoms with Crippen LogP contribution < -0.4 is 34.8 Å². The second-order valence-corrected chi connectivity index (χ2v) is 20.6. The van der Waals surface area contributed by atoms with E-state index in [1.165, 1.54) is 10.6 Å². The Bertz CT molecular complexity index is 2940. The molecular formula is C49H57N11O7S. The number of methoxy groups -OCH3 is 1. The summed E-state index contributed by atoms with van der Waals surface area (Å²) in [5.41, 5.74) is 7.35. The molecule has 1 unspecified atom stereocenters. The van der Waals surface area contributed by atoms with Crippen LogP contribution in [-0.2, 0) is 26.0 Å². The van der Waals surface area contributed by atoms with Gasteiger partial charge in [0.25, 0.3) is 11.8 Å². The number of ether oxygens (including phenoxy) is 1. The van der Waals surface area contributed by atoms with Gasteiger partial charge in [-0.15, -0.1) is 0 Å². The number of rotatable bonds is 13. The maximum absolute atomic E-state index is 13.4. The van der Waals surface area contributed by atoms with Crippen molar-refractivity contribution in [1.82, 2.24) is 30.1 Å². The topological polar surface area (TPSA) is 206 Å². The number of aromatic amines is 1. The number of nitrogens with zero attached hydrogens (tertiary/aromatic N) is 7. The number of anilines is 7. The van der Waals surface area contributed by atoms with E-state index in [4.69, 9.17) is 14.7 Å². The number of fused-ring (bicyclic) bond motifs is 3. The van der Waals surface area contributed by atoms with Crippen LogP contribution in [0.4, 0.5) is 40.2 Å². The van der Waals surface area contributed by atoms with E-state index in [1.807, 2.05) is 30.3 Å². The van der Waals surface area contributed by atoms with Gasteiger partial charge in [-0.3, -0.25) is 33.7 Å². The van der Waals surface area contributed by atoms with E-state index in [-0.39, 0.29) is 12.8 Å². The minimum absolute atomic E-state index is 0.0913. The minimum Gasteiger partial charge on any atom is -0.494 e. The van der Waals surface area contributed by atoms with Crippen LogP contribution >= 0.6 is 0 Å². The molecule has 0 bridgehead atoms. The number of amides is 4. The van der Waals surface area contributed by atoms with E-state index in [0.717, 1.165) is 103 Å². The molecule has 2 aromatic heterocycles. The number of nitrogens with one attached hydrogen (secondary N) is 4. The molecule has 19 heteroatoms. The zero-order chi connectivity index (χ0) is 47.4. The lowest BCUT2D eigenvalue weighted by atomic mass is 9.92. The van der Waals surface area contributed by atoms with Crippen molar-refractivity contribution in [3.8, 4) is 5.75 Å². The highest BCUT2D eigenvalue weighted by Crippen LogP contribution is 2.41. The molecule has 4 amide bonds. The third-order valence-corrected chi connectivity index (χ3v) is 15.7. The number of benzene rings is 3. The monoisotopic (exact) mass is 943 g/mol. The smallest absolute Gasteiger partial charge is 0.262 e. The van der Waals surface area contributed by atoms with Crippen molar-refractivity contribution in [2.45, 2.75) is 70.4 Å². The van der Waals surface area contributed by atoms with Crippen LogP contribution in [0.1, 0.15) is 76.8 Å². The zero-order valence-electron chi connectivity index (χ0n) is 38.8. The minimum atomic E-state index is -3.47. The third-order valence-electron chi connectivity index (χ3n) is 14.5. The first-order chi connectivity index (χ1) is 32.7. The molecular weight excluding hydrogens is 887 g/mol. The maximum atomic E-state index is 13.4. The summed E-state index contributed by atoms with van der Waals surface area (Å²) in [6, 6.07) is 16.7. The number of hydrogen-bond donors (Lipinski definition) is 4. The number of hydrogen-bond acceptors (Lipinski definition) is 14. The number of H-pyrrole nitrogens is 1. The van der Waals surface area contributed by atoms with Crippen molar-refractivity contribution in [1.29, 1.82) is 0 Å². The molecule has 0 aliphatic carbocycles. The highest BCUT2D eigenvalue weighted by molar-refractivity contribution is 7.92. The average molecular weight is 944 g/mol. The van der Waals surface area contributed by atoms with Gasteiger partial charge >= 0.3 is 0 Å². The van der Waals surface area contributed by atoms with Crippen molar-refractivity contribution in [2.75, 3.05) is 84.4 Å². The molecule has 18 nitrogen and oxygen atoms in total. The number of aryl methyl sites for hydroxylation is 1. The Morgan fingerprint density at radius 3 is 2.35 bits per heavy atom. The molecule has 10 rings (SSSR count). The number of carbonyl (C=O) groups excluding carboxylic acids is 4. The van der Waals surface area contributed by atoms with Gasteiger partial charge in [0.2, 0.25) is 27.8 Å². The number of carbonyl (C=O) groups is 4. The van der Waals surface area contributed by atoms with Gasteiger partial charge in [0, 0.05) is 68.8 Å². The van der Waals surface area contributed by atoms with Gasteiger partial charge in [-0.05, 0) is 119 Å². The van der Waals surface area contributed by atoms with Crippen molar-refractivity contribution in [3.05, 3.63) is 83.0 Å². The van der Waals surface area contributed by atoms with Crippen LogP contribution in [0.5, 0.6) is 5.75 Å². The van der Waals surface area contributed by atoms with Crippen LogP contribution in [0.3, 0.4) is 0 Å². The molecule has 3 aromatic carbocycles. The van der Waals surface area contributed by atoms with E-state index in [0.29, 0.717) is 70.6 Å². The fraction of sp³-hybridized carbons (Fsp3) is 0.429. The lowest BCUT2D eigenvalue weighted by molar-refractivity contribution is -0.136. The van der Waals surface area contributed by atoms with Gasteiger partial charge in [-0.2, -0.15) is 9.97 Å². The summed E-state index contributed by atoms with van der Waals surface area (Å²) < 4.78 is 32.8. The number of imide groups is 2. The van der Waals surface area contributed by atoms with Gasteiger partial charge in [-0.1, -0.05) is 12.1 Å². The largest absolute Gasteiger partial charge is 0.494 e.